The number of hydrogen-bond acceptors (Lipinski definition) is 5. The molecule has 0 spiro atoms. The Balaban J connectivity index is 1.99. The molecule has 0 amide bonds. The maximum Gasteiger partial charge on any atom is 0.330 e. The summed E-state index contributed by atoms with van der Waals surface area (Å²) in [6, 6.07) is 9.10. The predicted molar refractivity (Wildman–Crippen MR) is 96.5 cm³/mol. The molecule has 0 fully saturated rings. The number of anilines is 1. The van der Waals surface area contributed by atoms with Crippen LogP contribution >= 0.6 is 0 Å². The number of nitrogens with one attached hydrogen (secondary N) is 2. The number of nitrogens with zero attached hydrogens (tertiary/aromatic N) is 3. The first kappa shape index (κ1) is 17.7. The zero-order valence-corrected chi connectivity index (χ0v) is 15.2. The molecular weight excluding hydrogens is 358 g/mol. The van der Waals surface area contributed by atoms with Gasteiger partial charge in [0, 0.05) is 31.9 Å². The number of benzene rings is 1. The maximum atomic E-state index is 12.6. The second-order valence-corrected chi connectivity index (χ2v) is 7.49. The molecule has 9 nitrogen and oxygen atoms in total. The quantitative estimate of drug-likeness (QED) is 0.691. The van der Waals surface area contributed by atoms with Gasteiger partial charge in [0.05, 0.1) is 5.69 Å². The lowest BCUT2D eigenvalue weighted by Gasteiger charge is -2.08. The number of aromatic amines is 1. The van der Waals surface area contributed by atoms with E-state index in [1.54, 1.807) is 0 Å². The van der Waals surface area contributed by atoms with Crippen LogP contribution < -0.4 is 16.0 Å². The molecule has 0 bridgehead atoms. The van der Waals surface area contributed by atoms with E-state index in [1.807, 2.05) is 31.2 Å². The van der Waals surface area contributed by atoms with Gasteiger partial charge in [0.25, 0.3) is 15.6 Å². The van der Waals surface area contributed by atoms with Gasteiger partial charge in [-0.2, -0.15) is 5.10 Å². The number of aryl methyl sites for hydroxylation is 2. The molecule has 2 N–H and O–H groups in total. The Labute approximate surface area is 149 Å². The van der Waals surface area contributed by atoms with Crippen molar-refractivity contribution in [2.75, 3.05) is 4.72 Å². The molecule has 0 aliphatic rings. The van der Waals surface area contributed by atoms with Crippen LogP contribution in [0, 0.1) is 6.92 Å². The Morgan fingerprint density at radius 2 is 1.85 bits per heavy atom. The topological polar surface area (TPSA) is 119 Å². The molecule has 0 atom stereocenters. The lowest BCUT2D eigenvalue weighted by molar-refractivity contribution is 0.589. The fourth-order valence-electron chi connectivity index (χ4n) is 2.54. The molecule has 10 heteroatoms. The number of aromatic nitrogens is 4. The van der Waals surface area contributed by atoms with E-state index in [2.05, 4.69) is 14.9 Å². The van der Waals surface area contributed by atoms with Crippen LogP contribution in [0.15, 0.2) is 51.0 Å². The summed E-state index contributed by atoms with van der Waals surface area (Å²) < 4.78 is 29.1. The molecule has 3 rings (SSSR count). The van der Waals surface area contributed by atoms with Crippen LogP contribution in [0.3, 0.4) is 0 Å². The third-order valence-electron chi connectivity index (χ3n) is 3.96. The smallest absolute Gasteiger partial charge is 0.302 e. The molecule has 0 aliphatic heterocycles. The first-order valence-corrected chi connectivity index (χ1v) is 9.10. The maximum absolute atomic E-state index is 12.6. The zero-order valence-electron chi connectivity index (χ0n) is 14.3. The normalized spacial score (nSPS) is 11.5. The van der Waals surface area contributed by atoms with Crippen molar-refractivity contribution < 1.29 is 8.42 Å². The monoisotopic (exact) mass is 375 g/mol. The number of sulfonamides is 1. The molecule has 136 valence electrons. The molecule has 2 aromatic heterocycles. The van der Waals surface area contributed by atoms with Gasteiger partial charge in [0.2, 0.25) is 0 Å². The molecule has 3 aromatic rings. The highest BCUT2D eigenvalue weighted by atomic mass is 32.2. The van der Waals surface area contributed by atoms with Crippen molar-refractivity contribution in [2.45, 2.75) is 11.8 Å². The number of rotatable bonds is 4. The van der Waals surface area contributed by atoms with Crippen molar-refractivity contribution in [3.63, 3.8) is 0 Å². The average molecular weight is 375 g/mol. The van der Waals surface area contributed by atoms with Gasteiger partial charge in [0.15, 0.2) is 10.7 Å². The Hall–Kier alpha value is -3.14. The summed E-state index contributed by atoms with van der Waals surface area (Å²) in [7, 11) is -1.63. The standard InChI is InChI=1S/C16H17N5O4S/c1-10-6-4-5-7-11(10)12-8-14(18-17-12)19-26(24,25)13-9-20(2)16(23)21(3)15(13)22/h4-9H,1-3H3,(H2,17,18,19). The third-order valence-corrected chi connectivity index (χ3v) is 5.29. The van der Waals surface area contributed by atoms with Gasteiger partial charge in [-0.1, -0.05) is 24.3 Å². The Morgan fingerprint density at radius 3 is 2.54 bits per heavy atom. The predicted octanol–water partition coefficient (Wildman–Crippen LogP) is 0.583. The van der Waals surface area contributed by atoms with E-state index in [0.29, 0.717) is 5.69 Å². The van der Waals surface area contributed by atoms with Crippen LogP contribution in [0.2, 0.25) is 0 Å². The summed E-state index contributed by atoms with van der Waals surface area (Å²) >= 11 is 0. The molecule has 1 aromatic carbocycles. The second kappa shape index (κ2) is 6.30. The Kier molecular flexibility index (Phi) is 4.28. The summed E-state index contributed by atoms with van der Waals surface area (Å²) in [5, 5.41) is 6.71. The van der Waals surface area contributed by atoms with Gasteiger partial charge in [0.1, 0.15) is 0 Å². The summed E-state index contributed by atoms with van der Waals surface area (Å²) in [6.45, 7) is 1.92. The van der Waals surface area contributed by atoms with Crippen LogP contribution in [-0.2, 0) is 24.1 Å². The molecule has 2 heterocycles. The van der Waals surface area contributed by atoms with Crippen molar-refractivity contribution >= 4 is 15.8 Å². The van der Waals surface area contributed by atoms with Gasteiger partial charge in [-0.3, -0.25) is 19.2 Å². The Morgan fingerprint density at radius 1 is 1.15 bits per heavy atom. The van der Waals surface area contributed by atoms with Crippen molar-refractivity contribution in [1.82, 2.24) is 19.3 Å². The van der Waals surface area contributed by atoms with Crippen molar-refractivity contribution in [1.29, 1.82) is 0 Å². The van der Waals surface area contributed by atoms with Gasteiger partial charge < -0.3 is 4.57 Å². The van der Waals surface area contributed by atoms with E-state index in [0.717, 1.165) is 26.5 Å². The van der Waals surface area contributed by atoms with Crippen LogP contribution in [0.1, 0.15) is 5.56 Å². The minimum atomic E-state index is -4.21. The molecule has 26 heavy (non-hydrogen) atoms. The highest BCUT2D eigenvalue weighted by Crippen LogP contribution is 2.23. The third kappa shape index (κ3) is 3.06. The molecule has 0 saturated heterocycles. The summed E-state index contributed by atoms with van der Waals surface area (Å²) in [6.07, 6.45) is 0.988. The average Bonchev–Trinajstić information content (AvgIpc) is 3.04. The van der Waals surface area contributed by atoms with Crippen LogP contribution in [0.4, 0.5) is 5.82 Å². The van der Waals surface area contributed by atoms with Gasteiger partial charge in [-0.05, 0) is 12.5 Å². The van der Waals surface area contributed by atoms with Crippen molar-refractivity contribution in [3.05, 3.63) is 62.9 Å². The first-order valence-electron chi connectivity index (χ1n) is 7.61. The SMILES string of the molecule is Cc1ccccc1-c1cc(NS(=O)(=O)c2cn(C)c(=O)n(C)c2=O)n[nH]1. The first-order chi connectivity index (χ1) is 12.2. The fourth-order valence-corrected chi connectivity index (χ4v) is 3.69. The van der Waals surface area contributed by atoms with Crippen molar-refractivity contribution in [2.24, 2.45) is 14.1 Å². The highest BCUT2D eigenvalue weighted by Gasteiger charge is 2.22. The van der Waals surface area contributed by atoms with E-state index in [4.69, 9.17) is 0 Å². The van der Waals surface area contributed by atoms with Crippen LogP contribution in [-0.4, -0.2) is 27.7 Å². The van der Waals surface area contributed by atoms with Crippen LogP contribution in [0.5, 0.6) is 0 Å². The lowest BCUT2D eigenvalue weighted by atomic mass is 10.1. The number of hydrogen-bond donors (Lipinski definition) is 2. The number of H-pyrrole nitrogens is 1. The van der Waals surface area contributed by atoms with E-state index in [1.165, 1.54) is 20.2 Å². The van der Waals surface area contributed by atoms with Gasteiger partial charge in [-0.15, -0.1) is 0 Å². The minimum Gasteiger partial charge on any atom is -0.302 e. The highest BCUT2D eigenvalue weighted by molar-refractivity contribution is 7.92. The minimum absolute atomic E-state index is 0.0409. The Bertz CT molecular complexity index is 1200. The molecule has 0 saturated carbocycles. The van der Waals surface area contributed by atoms with Gasteiger partial charge in [-0.25, -0.2) is 13.2 Å². The van der Waals surface area contributed by atoms with E-state index >= 15 is 0 Å². The fraction of sp³-hybridized carbons (Fsp3) is 0.188. The van der Waals surface area contributed by atoms with E-state index in [-0.39, 0.29) is 5.82 Å². The lowest BCUT2D eigenvalue weighted by Crippen LogP contribution is -2.40. The second-order valence-electron chi connectivity index (χ2n) is 5.84. The molecular formula is C16H17N5O4S. The molecule has 0 aliphatic carbocycles. The van der Waals surface area contributed by atoms with Crippen LogP contribution in [0.25, 0.3) is 11.3 Å². The van der Waals surface area contributed by atoms with Gasteiger partial charge >= 0.3 is 5.69 Å². The van der Waals surface area contributed by atoms with E-state index < -0.39 is 26.2 Å². The summed E-state index contributed by atoms with van der Waals surface area (Å²) in [5.74, 6) is 0.0409. The molecule has 0 unspecified atom stereocenters. The largest absolute Gasteiger partial charge is 0.330 e. The molecule has 0 radical (unpaired) electrons. The zero-order chi connectivity index (χ0) is 19.1. The van der Waals surface area contributed by atoms with Crippen molar-refractivity contribution in [3.8, 4) is 11.3 Å². The van der Waals surface area contributed by atoms with E-state index in [9.17, 15) is 18.0 Å². The summed E-state index contributed by atoms with van der Waals surface area (Å²) in [5.41, 5.74) is 0.987. The summed E-state index contributed by atoms with van der Waals surface area (Å²) in [4.78, 5) is 23.3.